The van der Waals surface area contributed by atoms with E-state index in [4.69, 9.17) is 5.73 Å². The fourth-order valence-corrected chi connectivity index (χ4v) is 1.47. The van der Waals surface area contributed by atoms with Gasteiger partial charge in [-0.3, -0.25) is 0 Å². The Balaban J connectivity index is 0.000000461. The minimum absolute atomic E-state index is 0.882. The normalized spacial score (nSPS) is 9.64. The molecule has 14 heavy (non-hydrogen) atoms. The predicted molar refractivity (Wildman–Crippen MR) is 63.4 cm³/mol. The van der Waals surface area contributed by atoms with Gasteiger partial charge in [-0.25, -0.2) is 0 Å². The van der Waals surface area contributed by atoms with Gasteiger partial charge in [0.15, 0.2) is 0 Å². The van der Waals surface area contributed by atoms with Crippen LogP contribution in [-0.4, -0.2) is 4.98 Å². The van der Waals surface area contributed by atoms with E-state index < -0.39 is 0 Å². The Hall–Kier alpha value is -1.44. The van der Waals surface area contributed by atoms with Crippen molar-refractivity contribution < 1.29 is 0 Å². The van der Waals surface area contributed by atoms with Crippen LogP contribution in [0.5, 0.6) is 0 Å². The van der Waals surface area contributed by atoms with Crippen LogP contribution in [-0.2, 0) is 6.42 Å². The Kier molecular flexibility index (Phi) is 3.57. The summed E-state index contributed by atoms with van der Waals surface area (Å²) in [5.41, 5.74) is 9.06. The van der Waals surface area contributed by atoms with E-state index in [1.165, 1.54) is 10.9 Å². The molecule has 0 saturated carbocycles. The molecule has 0 aliphatic rings. The molecule has 0 fully saturated rings. The molecule has 0 unspecified atom stereocenters. The number of aromatic nitrogens is 1. The van der Waals surface area contributed by atoms with Gasteiger partial charge >= 0.3 is 0 Å². The van der Waals surface area contributed by atoms with Crippen LogP contribution in [0, 0.1) is 0 Å². The molecular formula is C12H18N2. The molecule has 0 amide bonds. The zero-order valence-corrected chi connectivity index (χ0v) is 9.09. The lowest BCUT2D eigenvalue weighted by Crippen LogP contribution is -1.91. The van der Waals surface area contributed by atoms with E-state index in [0.717, 1.165) is 17.6 Å². The van der Waals surface area contributed by atoms with Crippen molar-refractivity contribution in [2.75, 3.05) is 5.73 Å². The first kappa shape index (κ1) is 10.6. The maximum atomic E-state index is 5.84. The molecule has 2 nitrogen and oxygen atoms in total. The number of nitrogens with two attached hydrogens (primary N) is 1. The highest BCUT2D eigenvalue weighted by atomic mass is 14.7. The van der Waals surface area contributed by atoms with Crippen molar-refractivity contribution in [3.05, 3.63) is 30.0 Å². The highest BCUT2D eigenvalue weighted by Crippen LogP contribution is 2.20. The number of anilines is 1. The standard InChI is InChI=1S/C10H12N2.C2H6/c1-2-7-5-8-3-4-12-10(8)6-9(7)11;1-2/h3-6,12H,2,11H2,1H3;1-2H3. The molecule has 3 N–H and O–H groups in total. The van der Waals surface area contributed by atoms with Gasteiger partial charge in [-0.05, 0) is 35.6 Å². The molecule has 76 valence electrons. The highest BCUT2D eigenvalue weighted by molar-refractivity contribution is 5.84. The maximum Gasteiger partial charge on any atom is 0.0474 e. The number of nitrogens with one attached hydrogen (secondary N) is 1. The van der Waals surface area contributed by atoms with Crippen molar-refractivity contribution in [2.45, 2.75) is 27.2 Å². The third-order valence-electron chi connectivity index (χ3n) is 2.19. The van der Waals surface area contributed by atoms with Crippen LogP contribution in [0.4, 0.5) is 5.69 Å². The average molecular weight is 190 g/mol. The fraction of sp³-hybridized carbons (Fsp3) is 0.333. The molecule has 0 aliphatic carbocycles. The quantitative estimate of drug-likeness (QED) is 0.665. The second kappa shape index (κ2) is 4.70. The summed E-state index contributed by atoms with van der Waals surface area (Å²) in [7, 11) is 0. The minimum Gasteiger partial charge on any atom is -0.398 e. The minimum atomic E-state index is 0.882. The Bertz CT molecular complexity index is 402. The molecule has 1 aromatic carbocycles. The molecule has 0 radical (unpaired) electrons. The number of H-pyrrole nitrogens is 1. The highest BCUT2D eigenvalue weighted by Gasteiger charge is 1.99. The smallest absolute Gasteiger partial charge is 0.0474 e. The van der Waals surface area contributed by atoms with Crippen LogP contribution < -0.4 is 5.73 Å². The second-order valence-electron chi connectivity index (χ2n) is 2.97. The van der Waals surface area contributed by atoms with Gasteiger partial charge in [0.25, 0.3) is 0 Å². The number of hydrogen-bond donors (Lipinski definition) is 2. The fourth-order valence-electron chi connectivity index (χ4n) is 1.47. The Morgan fingerprint density at radius 2 is 2.00 bits per heavy atom. The monoisotopic (exact) mass is 190 g/mol. The summed E-state index contributed by atoms with van der Waals surface area (Å²) in [4.78, 5) is 3.13. The summed E-state index contributed by atoms with van der Waals surface area (Å²) in [5.74, 6) is 0. The molecule has 0 bridgehead atoms. The van der Waals surface area contributed by atoms with Gasteiger partial charge < -0.3 is 10.7 Å². The van der Waals surface area contributed by atoms with Crippen molar-refractivity contribution >= 4 is 16.6 Å². The van der Waals surface area contributed by atoms with E-state index >= 15 is 0 Å². The van der Waals surface area contributed by atoms with E-state index in [0.29, 0.717) is 0 Å². The summed E-state index contributed by atoms with van der Waals surface area (Å²) in [5, 5.41) is 1.24. The lowest BCUT2D eigenvalue weighted by molar-refractivity contribution is 1.15. The molecule has 2 aromatic rings. The number of fused-ring (bicyclic) bond motifs is 1. The van der Waals surface area contributed by atoms with Crippen LogP contribution in [0.3, 0.4) is 0 Å². The lowest BCUT2D eigenvalue weighted by Gasteiger charge is -2.01. The van der Waals surface area contributed by atoms with E-state index in [2.05, 4.69) is 24.0 Å². The van der Waals surface area contributed by atoms with E-state index in [9.17, 15) is 0 Å². The number of rotatable bonds is 1. The summed E-state index contributed by atoms with van der Waals surface area (Å²) in [6.45, 7) is 6.12. The summed E-state index contributed by atoms with van der Waals surface area (Å²) >= 11 is 0. The van der Waals surface area contributed by atoms with Crippen LogP contribution in [0.25, 0.3) is 10.9 Å². The molecule has 0 saturated heterocycles. The van der Waals surface area contributed by atoms with Gasteiger partial charge in [0, 0.05) is 17.4 Å². The molecule has 0 spiro atoms. The topological polar surface area (TPSA) is 41.8 Å². The third-order valence-corrected chi connectivity index (χ3v) is 2.19. The lowest BCUT2D eigenvalue weighted by atomic mass is 10.1. The van der Waals surface area contributed by atoms with Crippen molar-refractivity contribution in [1.82, 2.24) is 4.98 Å². The van der Waals surface area contributed by atoms with Crippen LogP contribution in [0.1, 0.15) is 26.3 Å². The van der Waals surface area contributed by atoms with E-state index in [1.807, 2.05) is 26.1 Å². The Morgan fingerprint density at radius 1 is 1.29 bits per heavy atom. The van der Waals surface area contributed by atoms with Gasteiger partial charge in [-0.15, -0.1) is 0 Å². The molecular weight excluding hydrogens is 172 g/mol. The first-order chi connectivity index (χ1) is 6.81. The Morgan fingerprint density at radius 3 is 2.64 bits per heavy atom. The number of nitrogen functional groups attached to an aromatic ring is 1. The van der Waals surface area contributed by atoms with Crippen LogP contribution >= 0.6 is 0 Å². The molecule has 2 rings (SSSR count). The Labute approximate surface area is 85.1 Å². The predicted octanol–water partition coefficient (Wildman–Crippen LogP) is 3.34. The van der Waals surface area contributed by atoms with Gasteiger partial charge in [0.05, 0.1) is 0 Å². The number of aryl methyl sites for hydroxylation is 1. The molecule has 1 aromatic heterocycles. The largest absolute Gasteiger partial charge is 0.398 e. The SMILES string of the molecule is CC.CCc1cc2cc[nH]c2cc1N. The summed E-state index contributed by atoms with van der Waals surface area (Å²) in [6.07, 6.45) is 2.93. The zero-order valence-electron chi connectivity index (χ0n) is 9.09. The van der Waals surface area contributed by atoms with Crippen molar-refractivity contribution in [1.29, 1.82) is 0 Å². The van der Waals surface area contributed by atoms with Crippen molar-refractivity contribution in [3.63, 3.8) is 0 Å². The summed E-state index contributed by atoms with van der Waals surface area (Å²) < 4.78 is 0. The third kappa shape index (κ3) is 1.90. The van der Waals surface area contributed by atoms with Gasteiger partial charge in [-0.2, -0.15) is 0 Å². The van der Waals surface area contributed by atoms with Gasteiger partial charge in [-0.1, -0.05) is 20.8 Å². The number of benzene rings is 1. The van der Waals surface area contributed by atoms with E-state index in [1.54, 1.807) is 0 Å². The number of hydrogen-bond acceptors (Lipinski definition) is 1. The first-order valence-electron chi connectivity index (χ1n) is 5.16. The first-order valence-corrected chi connectivity index (χ1v) is 5.16. The molecule has 1 heterocycles. The average Bonchev–Trinajstić information content (AvgIpc) is 2.66. The summed E-state index contributed by atoms with van der Waals surface area (Å²) in [6, 6.07) is 6.20. The maximum absolute atomic E-state index is 5.84. The zero-order chi connectivity index (χ0) is 10.6. The van der Waals surface area contributed by atoms with Gasteiger partial charge in [0.2, 0.25) is 0 Å². The molecule has 0 aliphatic heterocycles. The van der Waals surface area contributed by atoms with Crippen LogP contribution in [0.2, 0.25) is 0 Å². The van der Waals surface area contributed by atoms with Crippen LogP contribution in [0.15, 0.2) is 24.4 Å². The number of aromatic amines is 1. The van der Waals surface area contributed by atoms with E-state index in [-0.39, 0.29) is 0 Å². The molecule has 2 heteroatoms. The van der Waals surface area contributed by atoms with Crippen molar-refractivity contribution in [2.24, 2.45) is 0 Å². The molecule has 0 atom stereocenters. The second-order valence-corrected chi connectivity index (χ2v) is 2.97. The van der Waals surface area contributed by atoms with Gasteiger partial charge in [0.1, 0.15) is 0 Å². The van der Waals surface area contributed by atoms with Crippen molar-refractivity contribution in [3.8, 4) is 0 Å².